The highest BCUT2D eigenvalue weighted by atomic mass is 32.1. The number of benzene rings is 2. The van der Waals surface area contributed by atoms with Gasteiger partial charge in [0, 0.05) is 17.1 Å². The summed E-state index contributed by atoms with van der Waals surface area (Å²) in [7, 11) is 0. The van der Waals surface area contributed by atoms with Crippen LogP contribution in [0.3, 0.4) is 0 Å². The topological polar surface area (TPSA) is 39.9 Å². The lowest BCUT2D eigenvalue weighted by atomic mass is 10.1. The van der Waals surface area contributed by atoms with Crippen LogP contribution in [0.2, 0.25) is 0 Å². The maximum absolute atomic E-state index is 5.74. The molecule has 0 radical (unpaired) electrons. The molecule has 0 spiro atoms. The van der Waals surface area contributed by atoms with Gasteiger partial charge < -0.3 is 4.74 Å². The van der Waals surface area contributed by atoms with Gasteiger partial charge in [0.1, 0.15) is 17.4 Å². The molecule has 4 nitrogen and oxygen atoms in total. The summed E-state index contributed by atoms with van der Waals surface area (Å²) in [5.41, 5.74) is 3.28. The number of hydrogen-bond donors (Lipinski definition) is 0. The van der Waals surface area contributed by atoms with Crippen molar-refractivity contribution in [2.75, 3.05) is 0 Å². The lowest BCUT2D eigenvalue weighted by molar-refractivity contribution is 0.305. The van der Waals surface area contributed by atoms with E-state index >= 15 is 0 Å². The fraction of sp³-hybridized carbons (Fsp3) is 0.100. The Morgan fingerprint density at radius 3 is 2.48 bits per heavy atom. The number of rotatable bonds is 6. The van der Waals surface area contributed by atoms with E-state index in [0.29, 0.717) is 13.2 Å². The van der Waals surface area contributed by atoms with Crippen molar-refractivity contribution >= 4 is 11.3 Å². The molecule has 5 heteroatoms. The van der Waals surface area contributed by atoms with Crippen LogP contribution in [-0.2, 0) is 13.2 Å². The second-order valence-electron chi connectivity index (χ2n) is 5.63. The molecule has 0 saturated heterocycles. The number of aromatic nitrogens is 3. The minimum absolute atomic E-state index is 0.489. The SMILES string of the molecule is c1ccc(OCc2nc(Cn3cc(-c4ccccc4)cn3)cs2)cc1. The summed E-state index contributed by atoms with van der Waals surface area (Å²) in [6.45, 7) is 1.15. The summed E-state index contributed by atoms with van der Waals surface area (Å²) < 4.78 is 7.66. The van der Waals surface area contributed by atoms with Gasteiger partial charge >= 0.3 is 0 Å². The lowest BCUT2D eigenvalue weighted by Crippen LogP contribution is -2.01. The molecule has 0 amide bonds. The molecular weight excluding hydrogens is 330 g/mol. The van der Waals surface area contributed by atoms with E-state index in [0.717, 1.165) is 22.0 Å². The van der Waals surface area contributed by atoms with Crippen LogP contribution in [0.1, 0.15) is 10.7 Å². The van der Waals surface area contributed by atoms with E-state index in [1.807, 2.05) is 59.4 Å². The minimum Gasteiger partial charge on any atom is -0.486 e. The van der Waals surface area contributed by atoms with Crippen LogP contribution in [0.15, 0.2) is 78.4 Å². The zero-order valence-corrected chi connectivity index (χ0v) is 14.4. The van der Waals surface area contributed by atoms with Crippen LogP contribution in [0.25, 0.3) is 11.1 Å². The zero-order valence-electron chi connectivity index (χ0n) is 13.6. The first-order chi connectivity index (χ1) is 12.4. The molecule has 0 aliphatic rings. The summed E-state index contributed by atoms with van der Waals surface area (Å²) in [4.78, 5) is 4.64. The number of ether oxygens (including phenoxy) is 1. The Balaban J connectivity index is 1.39. The van der Waals surface area contributed by atoms with Crippen LogP contribution >= 0.6 is 11.3 Å². The highest BCUT2D eigenvalue weighted by Gasteiger charge is 2.06. The number of para-hydroxylation sites is 1. The Bertz CT molecular complexity index is 932. The van der Waals surface area contributed by atoms with Gasteiger partial charge in [-0.05, 0) is 17.7 Å². The normalized spacial score (nSPS) is 10.7. The Morgan fingerprint density at radius 2 is 1.68 bits per heavy atom. The van der Waals surface area contributed by atoms with Gasteiger partial charge in [0.15, 0.2) is 0 Å². The highest BCUT2D eigenvalue weighted by molar-refractivity contribution is 7.09. The van der Waals surface area contributed by atoms with Crippen molar-refractivity contribution in [1.82, 2.24) is 14.8 Å². The van der Waals surface area contributed by atoms with Crippen molar-refractivity contribution in [2.24, 2.45) is 0 Å². The van der Waals surface area contributed by atoms with E-state index < -0.39 is 0 Å². The fourth-order valence-corrected chi connectivity index (χ4v) is 3.24. The highest BCUT2D eigenvalue weighted by Crippen LogP contribution is 2.19. The van der Waals surface area contributed by atoms with Gasteiger partial charge in [0.05, 0.1) is 18.4 Å². The molecule has 0 saturated carbocycles. The van der Waals surface area contributed by atoms with E-state index in [4.69, 9.17) is 4.74 Å². The first-order valence-electron chi connectivity index (χ1n) is 8.06. The molecule has 0 aliphatic heterocycles. The largest absolute Gasteiger partial charge is 0.486 e. The smallest absolute Gasteiger partial charge is 0.140 e. The first-order valence-corrected chi connectivity index (χ1v) is 8.94. The van der Waals surface area contributed by atoms with Gasteiger partial charge in [-0.15, -0.1) is 11.3 Å². The third kappa shape index (κ3) is 3.95. The molecule has 2 aromatic heterocycles. The van der Waals surface area contributed by atoms with Crippen molar-refractivity contribution in [3.8, 4) is 16.9 Å². The van der Waals surface area contributed by atoms with Crippen LogP contribution in [0.4, 0.5) is 0 Å². The molecule has 0 fully saturated rings. The third-order valence-corrected chi connectivity index (χ3v) is 4.64. The second kappa shape index (κ2) is 7.32. The molecule has 4 aromatic rings. The lowest BCUT2D eigenvalue weighted by Gasteiger charge is -2.02. The predicted octanol–water partition coefficient (Wildman–Crippen LogP) is 4.63. The average Bonchev–Trinajstić information content (AvgIpc) is 3.32. The van der Waals surface area contributed by atoms with E-state index in [1.54, 1.807) is 11.3 Å². The Labute approximate surface area is 150 Å². The molecule has 2 aromatic carbocycles. The standard InChI is InChI=1S/C20H17N3OS/c1-3-7-16(8-4-1)17-11-21-23(12-17)13-18-15-25-20(22-18)14-24-19-9-5-2-6-10-19/h1-12,15H,13-14H2. The summed E-state index contributed by atoms with van der Waals surface area (Å²) >= 11 is 1.61. The van der Waals surface area contributed by atoms with Gasteiger partial charge in [-0.25, -0.2) is 4.98 Å². The van der Waals surface area contributed by atoms with Gasteiger partial charge in [-0.2, -0.15) is 5.10 Å². The van der Waals surface area contributed by atoms with Crippen LogP contribution in [0.5, 0.6) is 5.75 Å². The van der Waals surface area contributed by atoms with Gasteiger partial charge in [0.2, 0.25) is 0 Å². The first kappa shape index (κ1) is 15.6. The maximum atomic E-state index is 5.74. The van der Waals surface area contributed by atoms with E-state index in [-0.39, 0.29) is 0 Å². The van der Waals surface area contributed by atoms with Crippen molar-refractivity contribution in [3.63, 3.8) is 0 Å². The van der Waals surface area contributed by atoms with E-state index in [1.165, 1.54) is 5.56 Å². The summed E-state index contributed by atoms with van der Waals surface area (Å²) in [5.74, 6) is 0.860. The second-order valence-corrected chi connectivity index (χ2v) is 6.57. The van der Waals surface area contributed by atoms with Crippen molar-refractivity contribution in [3.05, 3.63) is 89.1 Å². The number of thiazole rings is 1. The minimum atomic E-state index is 0.489. The van der Waals surface area contributed by atoms with Crippen molar-refractivity contribution in [2.45, 2.75) is 13.2 Å². The summed E-state index contributed by atoms with van der Waals surface area (Å²) in [6.07, 6.45) is 3.94. The predicted molar refractivity (Wildman–Crippen MR) is 99.7 cm³/mol. The monoisotopic (exact) mass is 347 g/mol. The number of hydrogen-bond acceptors (Lipinski definition) is 4. The Hall–Kier alpha value is -2.92. The molecule has 0 unspecified atom stereocenters. The maximum Gasteiger partial charge on any atom is 0.140 e. The van der Waals surface area contributed by atoms with Crippen LogP contribution < -0.4 is 4.74 Å². The van der Waals surface area contributed by atoms with Crippen LogP contribution in [0, 0.1) is 0 Å². The van der Waals surface area contributed by atoms with Gasteiger partial charge in [-0.3, -0.25) is 4.68 Å². The van der Waals surface area contributed by atoms with Crippen molar-refractivity contribution in [1.29, 1.82) is 0 Å². The number of nitrogens with zero attached hydrogens (tertiary/aromatic N) is 3. The van der Waals surface area contributed by atoms with Crippen LogP contribution in [-0.4, -0.2) is 14.8 Å². The quantitative estimate of drug-likeness (QED) is 0.510. The van der Waals surface area contributed by atoms with Gasteiger partial charge in [0.25, 0.3) is 0 Å². The molecule has 0 N–H and O–H groups in total. The average molecular weight is 347 g/mol. The summed E-state index contributed by atoms with van der Waals surface area (Å²) in [5, 5.41) is 7.47. The molecule has 0 atom stereocenters. The van der Waals surface area contributed by atoms with E-state index in [2.05, 4.69) is 33.8 Å². The van der Waals surface area contributed by atoms with E-state index in [9.17, 15) is 0 Å². The van der Waals surface area contributed by atoms with Crippen molar-refractivity contribution < 1.29 is 4.74 Å². The molecule has 0 bridgehead atoms. The molecule has 4 rings (SSSR count). The zero-order chi connectivity index (χ0) is 16.9. The molecule has 124 valence electrons. The molecule has 2 heterocycles. The molecule has 25 heavy (non-hydrogen) atoms. The molecule has 0 aliphatic carbocycles. The molecular formula is C20H17N3OS. The summed E-state index contributed by atoms with van der Waals surface area (Å²) in [6, 6.07) is 20.1. The Morgan fingerprint density at radius 1 is 0.920 bits per heavy atom. The van der Waals surface area contributed by atoms with Gasteiger partial charge in [-0.1, -0.05) is 48.5 Å². The fourth-order valence-electron chi connectivity index (χ4n) is 2.55. The third-order valence-electron chi connectivity index (χ3n) is 3.77. The Kier molecular flexibility index (Phi) is 4.57.